The Morgan fingerprint density at radius 3 is 2.37 bits per heavy atom. The van der Waals surface area contributed by atoms with Crippen LogP contribution in [-0.2, 0) is 0 Å². The quantitative estimate of drug-likeness (QED) is 0.789. The van der Waals surface area contributed by atoms with Gasteiger partial charge in [0.15, 0.2) is 0 Å². The molecule has 0 atom stereocenters. The fraction of sp³-hybridized carbons (Fsp3) is 0.522. The maximum Gasteiger partial charge on any atom is 0.255 e. The van der Waals surface area contributed by atoms with Crippen molar-refractivity contribution in [2.75, 3.05) is 40.3 Å². The van der Waals surface area contributed by atoms with Crippen LogP contribution in [0, 0.1) is 0 Å². The molecule has 0 unspecified atom stereocenters. The highest BCUT2D eigenvalue weighted by Crippen LogP contribution is 2.30. The highest BCUT2D eigenvalue weighted by molar-refractivity contribution is 6.33. The van der Waals surface area contributed by atoms with Gasteiger partial charge in [-0.1, -0.05) is 11.6 Å². The van der Waals surface area contributed by atoms with Crippen LogP contribution in [0.3, 0.4) is 0 Å². The fourth-order valence-electron chi connectivity index (χ4n) is 4.61. The summed E-state index contributed by atoms with van der Waals surface area (Å²) in [4.78, 5) is 18.0. The average molecular weight is 431 g/mol. The minimum atomic E-state index is -0.120. The van der Waals surface area contributed by atoms with E-state index < -0.39 is 0 Å². The van der Waals surface area contributed by atoms with Gasteiger partial charge in [0.2, 0.25) is 0 Å². The molecule has 7 heteroatoms. The first-order chi connectivity index (χ1) is 14.5. The number of aromatic nitrogens is 1. The van der Waals surface area contributed by atoms with Gasteiger partial charge in [0.25, 0.3) is 5.91 Å². The summed E-state index contributed by atoms with van der Waals surface area (Å²) in [6, 6.07) is 8.27. The predicted molar refractivity (Wildman–Crippen MR) is 120 cm³/mol. The van der Waals surface area contributed by atoms with E-state index in [1.165, 1.54) is 25.9 Å². The molecule has 1 N–H and O–H groups in total. The van der Waals surface area contributed by atoms with Crippen molar-refractivity contribution >= 4 is 17.5 Å². The Morgan fingerprint density at radius 1 is 1.07 bits per heavy atom. The predicted octanol–water partition coefficient (Wildman–Crippen LogP) is 3.43. The van der Waals surface area contributed by atoms with Crippen LogP contribution in [0.25, 0.3) is 5.69 Å². The number of methoxy groups -OCH3 is 1. The van der Waals surface area contributed by atoms with E-state index >= 15 is 0 Å². The number of carbonyl (C=O) groups is 1. The molecule has 1 aromatic carbocycles. The number of hydrogen-bond donors (Lipinski definition) is 1. The van der Waals surface area contributed by atoms with Crippen molar-refractivity contribution in [1.82, 2.24) is 19.7 Å². The van der Waals surface area contributed by atoms with E-state index in [1.807, 2.05) is 35.2 Å². The molecule has 2 aliphatic heterocycles. The van der Waals surface area contributed by atoms with Gasteiger partial charge < -0.3 is 24.4 Å². The number of piperidine rings is 2. The lowest BCUT2D eigenvalue weighted by Gasteiger charge is -2.41. The number of nitrogens with zero attached hydrogens (tertiary/aromatic N) is 3. The number of amides is 1. The van der Waals surface area contributed by atoms with Gasteiger partial charge in [0.05, 0.1) is 23.4 Å². The molecule has 162 valence electrons. The van der Waals surface area contributed by atoms with Crippen LogP contribution in [0.15, 0.2) is 36.7 Å². The molecule has 0 radical (unpaired) electrons. The Kier molecular flexibility index (Phi) is 6.66. The van der Waals surface area contributed by atoms with Crippen LogP contribution in [0.1, 0.15) is 36.0 Å². The normalized spacial score (nSPS) is 19.7. The lowest BCUT2D eigenvalue weighted by atomic mass is 9.98. The van der Waals surface area contributed by atoms with Crippen molar-refractivity contribution < 1.29 is 9.53 Å². The van der Waals surface area contributed by atoms with Gasteiger partial charge in [0, 0.05) is 43.6 Å². The Labute approximate surface area is 183 Å². The zero-order chi connectivity index (χ0) is 21.1. The summed E-state index contributed by atoms with van der Waals surface area (Å²) in [5, 5.41) is 3.73. The van der Waals surface area contributed by atoms with E-state index in [9.17, 15) is 4.79 Å². The van der Waals surface area contributed by atoms with Crippen LogP contribution in [0.4, 0.5) is 0 Å². The number of halogens is 1. The highest BCUT2D eigenvalue weighted by Gasteiger charge is 2.28. The van der Waals surface area contributed by atoms with Gasteiger partial charge in [-0.2, -0.15) is 0 Å². The second kappa shape index (κ2) is 9.41. The number of benzene rings is 1. The van der Waals surface area contributed by atoms with Crippen LogP contribution in [0.2, 0.25) is 5.02 Å². The highest BCUT2D eigenvalue weighted by atomic mass is 35.5. The SMILES string of the molecule is COc1cc(-n2cccc2)c(Cl)cc1C(=O)NC1CCN(C2CCN(C)CC2)CC1. The van der Waals surface area contributed by atoms with Crippen molar-refractivity contribution in [2.24, 2.45) is 0 Å². The largest absolute Gasteiger partial charge is 0.496 e. The van der Waals surface area contributed by atoms with E-state index in [4.69, 9.17) is 16.3 Å². The molecule has 3 heterocycles. The molecule has 6 nitrogen and oxygen atoms in total. The summed E-state index contributed by atoms with van der Waals surface area (Å²) in [6.07, 6.45) is 8.29. The van der Waals surface area contributed by atoms with Gasteiger partial charge in [0.1, 0.15) is 5.75 Å². The zero-order valence-electron chi connectivity index (χ0n) is 17.8. The third-order valence-corrected chi connectivity index (χ3v) is 6.77. The third-order valence-electron chi connectivity index (χ3n) is 6.47. The molecule has 1 aromatic heterocycles. The van der Waals surface area contributed by atoms with Crippen LogP contribution in [-0.4, -0.2) is 72.7 Å². The molecule has 1 amide bonds. The summed E-state index contributed by atoms with van der Waals surface area (Å²) < 4.78 is 7.42. The van der Waals surface area contributed by atoms with Crippen LogP contribution >= 0.6 is 11.6 Å². The summed E-state index contributed by atoms with van der Waals surface area (Å²) in [6.45, 7) is 4.45. The van der Waals surface area contributed by atoms with Crippen molar-refractivity contribution in [3.05, 3.63) is 47.2 Å². The summed E-state index contributed by atoms with van der Waals surface area (Å²) in [5.41, 5.74) is 1.28. The lowest BCUT2D eigenvalue weighted by Crippen LogP contribution is -2.50. The molecule has 0 spiro atoms. The summed E-state index contributed by atoms with van der Waals surface area (Å²) in [5.74, 6) is 0.412. The average Bonchev–Trinajstić information content (AvgIpc) is 3.29. The molecule has 2 aliphatic rings. The summed E-state index contributed by atoms with van der Waals surface area (Å²) >= 11 is 6.49. The minimum Gasteiger partial charge on any atom is -0.496 e. The van der Waals surface area contributed by atoms with Crippen LogP contribution < -0.4 is 10.1 Å². The van der Waals surface area contributed by atoms with E-state index in [2.05, 4.69) is 22.2 Å². The molecule has 30 heavy (non-hydrogen) atoms. The van der Waals surface area contributed by atoms with Crippen molar-refractivity contribution in [3.8, 4) is 11.4 Å². The number of rotatable bonds is 5. The smallest absolute Gasteiger partial charge is 0.255 e. The lowest BCUT2D eigenvalue weighted by molar-refractivity contribution is 0.0805. The fourth-order valence-corrected chi connectivity index (χ4v) is 4.88. The second-order valence-corrected chi connectivity index (χ2v) is 8.82. The van der Waals surface area contributed by atoms with Crippen molar-refractivity contribution in [1.29, 1.82) is 0 Å². The monoisotopic (exact) mass is 430 g/mol. The first kappa shape index (κ1) is 21.2. The molecule has 2 aromatic rings. The molecule has 0 saturated carbocycles. The van der Waals surface area contributed by atoms with E-state index in [1.54, 1.807) is 13.2 Å². The van der Waals surface area contributed by atoms with Gasteiger partial charge in [-0.05, 0) is 64.0 Å². The second-order valence-electron chi connectivity index (χ2n) is 8.41. The minimum absolute atomic E-state index is 0.120. The van der Waals surface area contributed by atoms with Gasteiger partial charge in [-0.15, -0.1) is 0 Å². The summed E-state index contributed by atoms with van der Waals surface area (Å²) in [7, 11) is 3.78. The van der Waals surface area contributed by atoms with E-state index in [0.29, 0.717) is 22.4 Å². The first-order valence-electron chi connectivity index (χ1n) is 10.8. The molecule has 0 bridgehead atoms. The van der Waals surface area contributed by atoms with Gasteiger partial charge in [-0.3, -0.25) is 4.79 Å². The number of likely N-dealkylation sites (tertiary alicyclic amines) is 2. The van der Waals surface area contributed by atoms with Gasteiger partial charge >= 0.3 is 0 Å². The topological polar surface area (TPSA) is 49.7 Å². The van der Waals surface area contributed by atoms with Gasteiger partial charge in [-0.25, -0.2) is 0 Å². The van der Waals surface area contributed by atoms with E-state index in [-0.39, 0.29) is 11.9 Å². The number of nitrogens with one attached hydrogen (secondary N) is 1. The Balaban J connectivity index is 1.38. The maximum absolute atomic E-state index is 13.0. The third kappa shape index (κ3) is 4.66. The Hall–Kier alpha value is -2.02. The number of ether oxygens (including phenoxy) is 1. The first-order valence-corrected chi connectivity index (χ1v) is 11.2. The maximum atomic E-state index is 13.0. The Morgan fingerprint density at radius 2 is 1.73 bits per heavy atom. The van der Waals surface area contributed by atoms with Crippen molar-refractivity contribution in [3.63, 3.8) is 0 Å². The molecule has 0 aliphatic carbocycles. The molecule has 2 fully saturated rings. The number of hydrogen-bond acceptors (Lipinski definition) is 4. The number of carbonyl (C=O) groups excluding carboxylic acids is 1. The Bertz CT molecular complexity index is 854. The molecular formula is C23H31ClN4O2. The molecular weight excluding hydrogens is 400 g/mol. The standard InChI is InChI=1S/C23H31ClN4O2/c1-26-11-7-18(8-12-26)27-13-5-17(6-14-27)25-23(29)19-15-20(24)21(16-22(19)30-2)28-9-3-4-10-28/h3-4,9-10,15-18H,5-8,11-14H2,1-2H3,(H,25,29). The van der Waals surface area contributed by atoms with E-state index in [0.717, 1.165) is 31.6 Å². The van der Waals surface area contributed by atoms with Crippen molar-refractivity contribution in [2.45, 2.75) is 37.8 Å². The molecule has 4 rings (SSSR count). The molecule has 2 saturated heterocycles. The zero-order valence-corrected chi connectivity index (χ0v) is 18.6. The van der Waals surface area contributed by atoms with Crippen LogP contribution in [0.5, 0.6) is 5.75 Å².